The normalized spacial score (nSPS) is 12.4. The number of hydrogen-bond donors (Lipinski definition) is 2. The fourth-order valence-corrected chi connectivity index (χ4v) is 5.32. The summed E-state index contributed by atoms with van der Waals surface area (Å²) in [6, 6.07) is 22.7. The molecule has 10 heteroatoms. The van der Waals surface area contributed by atoms with Crippen LogP contribution in [0.5, 0.6) is 0 Å². The van der Waals surface area contributed by atoms with Gasteiger partial charge in [-0.15, -0.1) is 0 Å². The number of fused-ring (bicyclic) bond motifs is 1. The van der Waals surface area contributed by atoms with Gasteiger partial charge in [0.1, 0.15) is 5.82 Å². The fourth-order valence-electron chi connectivity index (χ4n) is 4.39. The molecule has 0 spiro atoms. The van der Waals surface area contributed by atoms with E-state index in [1.54, 1.807) is 41.1 Å². The van der Waals surface area contributed by atoms with Crippen LogP contribution in [0.3, 0.4) is 0 Å². The maximum atomic E-state index is 13.7. The van der Waals surface area contributed by atoms with Crippen molar-refractivity contribution in [2.45, 2.75) is 17.9 Å². The second kappa shape index (κ2) is 9.92. The lowest BCUT2D eigenvalue weighted by molar-refractivity contribution is 0.602. The van der Waals surface area contributed by atoms with Crippen LogP contribution in [-0.4, -0.2) is 29.2 Å². The molecular weight excluding hydrogens is 522 g/mol. The smallest absolute Gasteiger partial charge is 0.264 e. The summed E-state index contributed by atoms with van der Waals surface area (Å²) in [4.78, 5) is 22.5. The zero-order chi connectivity index (χ0) is 27.0. The number of hydrogen-bond acceptors (Lipinski definition) is 7. The number of para-hydroxylation sites is 1. The number of nitrogens with zero attached hydrogens (tertiary/aromatic N) is 3. The third-order valence-corrected chi connectivity index (χ3v) is 7.64. The van der Waals surface area contributed by atoms with Gasteiger partial charge in [-0.05, 0) is 54.3 Å². The molecule has 0 saturated carbocycles. The van der Waals surface area contributed by atoms with Gasteiger partial charge in [-0.1, -0.05) is 54.1 Å². The van der Waals surface area contributed by atoms with Crippen molar-refractivity contribution in [3.8, 4) is 16.8 Å². The number of nitrogen functional groups attached to an aromatic ring is 1. The van der Waals surface area contributed by atoms with Crippen molar-refractivity contribution >= 4 is 44.0 Å². The average Bonchev–Trinajstić information content (AvgIpc) is 2.88. The summed E-state index contributed by atoms with van der Waals surface area (Å²) in [7, 11) is -3.42. The molecule has 2 aromatic heterocycles. The highest BCUT2D eigenvalue weighted by molar-refractivity contribution is 7.90. The molecule has 8 nitrogen and oxygen atoms in total. The summed E-state index contributed by atoms with van der Waals surface area (Å²) < 4.78 is 25.9. The van der Waals surface area contributed by atoms with Gasteiger partial charge < -0.3 is 11.1 Å². The summed E-state index contributed by atoms with van der Waals surface area (Å²) in [5, 5.41) is 4.88. The number of nitrogens with two attached hydrogens (primary N) is 1. The van der Waals surface area contributed by atoms with Crippen LogP contribution in [0, 0.1) is 0 Å². The molecule has 192 valence electrons. The molecule has 5 aromatic rings. The molecule has 0 aliphatic carbocycles. The number of benzene rings is 3. The molecule has 0 aliphatic rings. The molecule has 0 unspecified atom stereocenters. The van der Waals surface area contributed by atoms with Gasteiger partial charge in [-0.2, -0.15) is 4.98 Å². The first-order chi connectivity index (χ1) is 18.1. The SMILES string of the molecule is C[C@H](Nc1nc(N)ncc1-c1cccc(S(C)(=O)=O)c1)c1cc2cccc(Cl)c2c(=O)n1-c1ccccc1. The third kappa shape index (κ3) is 4.85. The van der Waals surface area contributed by atoms with E-state index in [0.717, 1.165) is 6.26 Å². The minimum absolute atomic E-state index is 0.0495. The molecular formula is C28H24ClN5O3S. The monoisotopic (exact) mass is 545 g/mol. The highest BCUT2D eigenvalue weighted by Gasteiger charge is 2.20. The van der Waals surface area contributed by atoms with Gasteiger partial charge in [0, 0.05) is 29.4 Å². The zero-order valence-electron chi connectivity index (χ0n) is 20.6. The van der Waals surface area contributed by atoms with Crippen LogP contribution in [0.4, 0.5) is 11.8 Å². The number of anilines is 2. The molecule has 1 atom stereocenters. The summed E-state index contributed by atoms with van der Waals surface area (Å²) in [6.45, 7) is 1.90. The Kier molecular flexibility index (Phi) is 6.64. The maximum absolute atomic E-state index is 13.7. The topological polar surface area (TPSA) is 120 Å². The van der Waals surface area contributed by atoms with Gasteiger partial charge in [0.15, 0.2) is 9.84 Å². The van der Waals surface area contributed by atoms with E-state index >= 15 is 0 Å². The van der Waals surface area contributed by atoms with E-state index in [-0.39, 0.29) is 16.4 Å². The number of pyridine rings is 1. The van der Waals surface area contributed by atoms with Crippen LogP contribution >= 0.6 is 11.6 Å². The summed E-state index contributed by atoms with van der Waals surface area (Å²) >= 11 is 6.43. The molecule has 0 saturated heterocycles. The van der Waals surface area contributed by atoms with Crippen LogP contribution in [-0.2, 0) is 9.84 Å². The summed E-state index contributed by atoms with van der Waals surface area (Å²) in [5.41, 5.74) is 8.21. The molecule has 0 bridgehead atoms. The van der Waals surface area contributed by atoms with Gasteiger partial charge >= 0.3 is 0 Å². The molecule has 3 N–H and O–H groups in total. The van der Waals surface area contributed by atoms with Crippen molar-refractivity contribution < 1.29 is 8.42 Å². The standard InChI is InChI=1S/C28H24ClN5O3S/c1-17(32-26-22(16-31-28(30)33-26)18-8-6-12-21(14-18)38(2,36)37)24-15-19-9-7-13-23(29)25(19)27(35)34(24)20-10-4-3-5-11-20/h3-17H,1-2H3,(H3,30,31,32,33)/t17-/m0/s1. The van der Waals surface area contributed by atoms with Crippen molar-refractivity contribution in [1.29, 1.82) is 0 Å². The van der Waals surface area contributed by atoms with Crippen molar-refractivity contribution in [3.63, 3.8) is 0 Å². The highest BCUT2D eigenvalue weighted by Crippen LogP contribution is 2.32. The molecule has 0 aliphatic heterocycles. The first kappa shape index (κ1) is 25.4. The summed E-state index contributed by atoms with van der Waals surface area (Å²) in [6.07, 6.45) is 2.70. The van der Waals surface area contributed by atoms with Gasteiger partial charge in [-0.25, -0.2) is 13.4 Å². The van der Waals surface area contributed by atoms with Crippen LogP contribution in [0.15, 0.2) is 94.7 Å². The van der Waals surface area contributed by atoms with Crippen LogP contribution in [0.25, 0.3) is 27.6 Å². The van der Waals surface area contributed by atoms with E-state index in [4.69, 9.17) is 17.3 Å². The van der Waals surface area contributed by atoms with Crippen molar-refractivity contribution in [3.05, 3.63) is 106 Å². The van der Waals surface area contributed by atoms with E-state index in [0.29, 0.717) is 44.1 Å². The van der Waals surface area contributed by atoms with Gasteiger partial charge in [0.25, 0.3) is 5.56 Å². The Morgan fingerprint density at radius 2 is 1.74 bits per heavy atom. The zero-order valence-corrected chi connectivity index (χ0v) is 22.2. The Hall–Kier alpha value is -4.21. The fraction of sp³-hybridized carbons (Fsp3) is 0.107. The van der Waals surface area contributed by atoms with Crippen molar-refractivity contribution in [2.24, 2.45) is 0 Å². The Morgan fingerprint density at radius 1 is 1.00 bits per heavy atom. The minimum Gasteiger partial charge on any atom is -0.368 e. The van der Waals surface area contributed by atoms with Crippen LogP contribution in [0.1, 0.15) is 18.7 Å². The molecule has 3 aromatic carbocycles. The predicted octanol–water partition coefficient (Wildman–Crippen LogP) is 5.26. The Balaban J connectivity index is 1.66. The van der Waals surface area contributed by atoms with Crippen LogP contribution in [0.2, 0.25) is 5.02 Å². The lowest BCUT2D eigenvalue weighted by Crippen LogP contribution is -2.26. The first-order valence-corrected chi connectivity index (χ1v) is 14.0. The van der Waals surface area contributed by atoms with Crippen molar-refractivity contribution in [2.75, 3.05) is 17.3 Å². The third-order valence-electron chi connectivity index (χ3n) is 6.22. The Bertz CT molecular complexity index is 1840. The average molecular weight is 546 g/mol. The number of aromatic nitrogens is 3. The number of rotatable bonds is 6. The van der Waals surface area contributed by atoms with E-state index in [1.165, 1.54) is 6.07 Å². The minimum atomic E-state index is -3.42. The van der Waals surface area contributed by atoms with Crippen molar-refractivity contribution in [1.82, 2.24) is 14.5 Å². The van der Waals surface area contributed by atoms with E-state index in [9.17, 15) is 13.2 Å². The maximum Gasteiger partial charge on any atom is 0.264 e. The van der Waals surface area contributed by atoms with E-state index in [1.807, 2.05) is 49.4 Å². The lowest BCUT2D eigenvalue weighted by Gasteiger charge is -2.23. The molecule has 5 rings (SSSR count). The molecule has 38 heavy (non-hydrogen) atoms. The van der Waals surface area contributed by atoms with E-state index in [2.05, 4.69) is 15.3 Å². The second-order valence-corrected chi connectivity index (χ2v) is 11.3. The summed E-state index contributed by atoms with van der Waals surface area (Å²) in [5.74, 6) is 0.447. The first-order valence-electron chi connectivity index (χ1n) is 11.7. The van der Waals surface area contributed by atoms with Crippen LogP contribution < -0.4 is 16.6 Å². The van der Waals surface area contributed by atoms with Gasteiger partial charge in [0.2, 0.25) is 5.95 Å². The van der Waals surface area contributed by atoms with Gasteiger partial charge in [-0.3, -0.25) is 9.36 Å². The number of halogens is 1. The molecule has 0 radical (unpaired) electrons. The second-order valence-electron chi connectivity index (χ2n) is 8.91. The van der Waals surface area contributed by atoms with E-state index < -0.39 is 15.9 Å². The molecule has 2 heterocycles. The molecule has 0 amide bonds. The number of sulfone groups is 1. The quantitative estimate of drug-likeness (QED) is 0.298. The molecule has 0 fully saturated rings. The highest BCUT2D eigenvalue weighted by atomic mass is 35.5. The van der Waals surface area contributed by atoms with Gasteiger partial charge in [0.05, 0.1) is 21.3 Å². The predicted molar refractivity (Wildman–Crippen MR) is 152 cm³/mol. The number of nitrogens with one attached hydrogen (secondary N) is 1. The largest absolute Gasteiger partial charge is 0.368 e. The lowest BCUT2D eigenvalue weighted by atomic mass is 10.1. The Labute approximate surface area is 224 Å². The Morgan fingerprint density at radius 3 is 2.47 bits per heavy atom.